The van der Waals surface area contributed by atoms with E-state index in [9.17, 15) is 33.9 Å². The van der Waals surface area contributed by atoms with E-state index in [1.54, 1.807) is 13.8 Å². The highest BCUT2D eigenvalue weighted by atomic mass is 16.4. The van der Waals surface area contributed by atoms with Crippen LogP contribution in [-0.2, 0) is 28.8 Å². The summed E-state index contributed by atoms with van der Waals surface area (Å²) in [6.45, 7) is 7.03. The highest BCUT2D eigenvalue weighted by Crippen LogP contribution is 2.25. The second-order valence-electron chi connectivity index (χ2n) is 9.12. The van der Waals surface area contributed by atoms with E-state index in [0.717, 1.165) is 5.01 Å². The summed E-state index contributed by atoms with van der Waals surface area (Å²) < 4.78 is 0. The molecule has 0 spiro atoms. The van der Waals surface area contributed by atoms with Crippen molar-refractivity contribution in [3.8, 4) is 0 Å². The zero-order valence-electron chi connectivity index (χ0n) is 20.4. The summed E-state index contributed by atoms with van der Waals surface area (Å²) in [5, 5.41) is 16.8. The number of nitrogens with zero attached hydrogens (tertiary/aromatic N) is 4. The van der Waals surface area contributed by atoms with Gasteiger partial charge in [0.2, 0.25) is 17.7 Å². The molecule has 3 N–H and O–H groups in total. The van der Waals surface area contributed by atoms with Crippen molar-refractivity contribution in [2.45, 2.75) is 70.5 Å². The van der Waals surface area contributed by atoms with Gasteiger partial charge in [-0.15, -0.1) is 6.58 Å². The van der Waals surface area contributed by atoms with Gasteiger partial charge >= 0.3 is 12.2 Å². The molecule has 0 aromatic carbocycles. The van der Waals surface area contributed by atoms with Crippen LogP contribution >= 0.6 is 0 Å². The van der Waals surface area contributed by atoms with E-state index in [1.807, 2.05) is 0 Å². The number of nitrogens with one attached hydrogen (secondary N) is 2. The predicted molar refractivity (Wildman–Crippen MR) is 125 cm³/mol. The zero-order chi connectivity index (χ0) is 27.0. The smallest absolute Gasteiger partial charge is 0.325 e. The average Bonchev–Trinajstić information content (AvgIpc) is 2.95. The van der Waals surface area contributed by atoms with Gasteiger partial charge in [0, 0.05) is 18.9 Å². The minimum absolute atomic E-state index is 0.00442. The molecule has 0 aliphatic carbocycles. The minimum atomic E-state index is -1.36. The van der Waals surface area contributed by atoms with Crippen molar-refractivity contribution >= 4 is 41.6 Å². The van der Waals surface area contributed by atoms with Gasteiger partial charge in [0.25, 0.3) is 11.7 Å². The van der Waals surface area contributed by atoms with Crippen LogP contribution in [0.2, 0.25) is 0 Å². The van der Waals surface area contributed by atoms with Gasteiger partial charge < -0.3 is 21.3 Å². The second kappa shape index (κ2) is 12.7. The summed E-state index contributed by atoms with van der Waals surface area (Å²) in [5.74, 6) is -5.64. The Morgan fingerprint density at radius 2 is 1.94 bits per heavy atom. The summed E-state index contributed by atoms with van der Waals surface area (Å²) in [7, 11) is 0. The van der Waals surface area contributed by atoms with Crippen LogP contribution in [0, 0.1) is 11.8 Å². The maximum Gasteiger partial charge on any atom is 0.325 e. The van der Waals surface area contributed by atoms with Crippen LogP contribution in [0.1, 0.15) is 52.4 Å². The van der Waals surface area contributed by atoms with Crippen LogP contribution in [0.4, 0.5) is 0 Å². The van der Waals surface area contributed by atoms with Gasteiger partial charge in [0.15, 0.2) is 0 Å². The largest absolute Gasteiger partial charge is 0.481 e. The molecule has 36 heavy (non-hydrogen) atoms. The molecule has 13 heteroatoms. The average molecular weight is 505 g/mol. The molecule has 2 rings (SSSR count). The van der Waals surface area contributed by atoms with Gasteiger partial charge in [-0.3, -0.25) is 33.8 Å². The first-order valence-corrected chi connectivity index (χ1v) is 11.8. The molecule has 0 saturated carbocycles. The number of ketones is 1. The van der Waals surface area contributed by atoms with Crippen LogP contribution in [0.15, 0.2) is 12.7 Å². The molecule has 2 saturated heterocycles. The summed E-state index contributed by atoms with van der Waals surface area (Å²) in [4.78, 5) is 78.4. The number of hydrogen-bond acceptors (Lipinski definition) is 6. The molecule has 0 aromatic heterocycles. The number of Topliss-reactive ketones (excluding diaryl/α,β-unsaturated/α-hetero) is 1. The number of carbonyl (C=O) groups excluding carboxylic acids is 5. The molecule has 2 aliphatic rings. The Labute approximate surface area is 208 Å². The molecule has 4 amide bonds. The highest BCUT2D eigenvalue weighted by molar-refractivity contribution is 6.28. The standard InChI is InChI=1S/C23H32N6O7/c1-4-6-14(23(35)36)11-16(18(30)12-25-24)27-21(33)17-7-5-10-28-19(31)9-8-15(22(34)29(17)28)26-20(32)13(2)3/h4,12-17H,1,5-11H2,2-3H3,(H,26,32)(H,27,33)(H,35,36)/t14?,15-,16-,17-/m0/s1. The van der Waals surface area contributed by atoms with Crippen molar-refractivity contribution in [2.75, 3.05) is 6.54 Å². The zero-order valence-corrected chi connectivity index (χ0v) is 20.4. The maximum atomic E-state index is 13.4. The Kier molecular flexibility index (Phi) is 10.0. The Balaban J connectivity index is 2.33. The lowest BCUT2D eigenvalue weighted by Crippen LogP contribution is -2.64. The second-order valence-corrected chi connectivity index (χ2v) is 9.12. The summed E-state index contributed by atoms with van der Waals surface area (Å²) >= 11 is 0. The quantitative estimate of drug-likeness (QED) is 0.149. The van der Waals surface area contributed by atoms with Crippen molar-refractivity contribution in [3.05, 3.63) is 18.2 Å². The van der Waals surface area contributed by atoms with Crippen molar-refractivity contribution < 1.29 is 38.7 Å². The van der Waals surface area contributed by atoms with Gasteiger partial charge in [0.1, 0.15) is 12.1 Å². The number of rotatable bonds is 11. The first kappa shape index (κ1) is 28.4. The number of hydrazine groups is 1. The SMILES string of the molecule is C=CCC(C[C@H](NC(=O)[C@@H]1CCCN2C(=O)CC[C@H](NC(=O)C(C)C)C(=O)N12)C(=O)C=[N+]=[N-])C(=O)O. The van der Waals surface area contributed by atoms with Crippen LogP contribution in [0.25, 0.3) is 5.53 Å². The monoisotopic (exact) mass is 504 g/mol. The number of aliphatic carboxylic acids is 1. The number of carboxylic acid groups (broad SMARTS) is 1. The molecule has 0 bridgehead atoms. The van der Waals surface area contributed by atoms with Gasteiger partial charge in [-0.25, -0.2) is 5.01 Å². The minimum Gasteiger partial charge on any atom is -0.481 e. The van der Waals surface area contributed by atoms with Crippen LogP contribution in [-0.4, -0.2) is 86.2 Å². The van der Waals surface area contributed by atoms with Crippen molar-refractivity contribution in [1.82, 2.24) is 20.7 Å². The molecule has 4 atom stereocenters. The summed E-state index contributed by atoms with van der Waals surface area (Å²) in [5.41, 5.74) is 8.78. The Bertz CT molecular complexity index is 974. The topological polar surface area (TPSA) is 190 Å². The molecule has 13 nitrogen and oxygen atoms in total. The Morgan fingerprint density at radius 3 is 2.53 bits per heavy atom. The molecule has 2 fully saturated rings. The number of hydrogen-bond donors (Lipinski definition) is 3. The summed E-state index contributed by atoms with van der Waals surface area (Å²) in [6.07, 6.45) is 2.30. The maximum absolute atomic E-state index is 13.4. The third kappa shape index (κ3) is 6.85. The predicted octanol–water partition coefficient (Wildman–Crippen LogP) is -0.323. The van der Waals surface area contributed by atoms with Crippen molar-refractivity contribution in [1.29, 1.82) is 0 Å². The lowest BCUT2D eigenvalue weighted by atomic mass is 9.94. The number of carboxylic acids is 1. The first-order valence-electron chi connectivity index (χ1n) is 11.8. The van der Waals surface area contributed by atoms with E-state index < -0.39 is 53.5 Å². The fourth-order valence-electron chi connectivity index (χ4n) is 4.19. The van der Waals surface area contributed by atoms with E-state index in [-0.39, 0.29) is 50.5 Å². The fraction of sp³-hybridized carbons (Fsp3) is 0.609. The molecule has 0 radical (unpaired) electrons. The molecule has 2 aliphatic heterocycles. The van der Waals surface area contributed by atoms with E-state index in [4.69, 9.17) is 5.53 Å². The highest BCUT2D eigenvalue weighted by Gasteiger charge is 2.45. The number of allylic oxidation sites excluding steroid dienone is 1. The Morgan fingerprint density at radius 1 is 1.25 bits per heavy atom. The number of carbonyl (C=O) groups is 6. The fourth-order valence-corrected chi connectivity index (χ4v) is 4.19. The molecule has 0 aromatic rings. The molecule has 1 unspecified atom stereocenters. The third-order valence-corrected chi connectivity index (χ3v) is 6.17. The molecule has 196 valence electrons. The number of amides is 4. The van der Waals surface area contributed by atoms with Crippen LogP contribution < -0.4 is 10.6 Å². The van der Waals surface area contributed by atoms with Gasteiger partial charge in [0.05, 0.1) is 12.0 Å². The molecular formula is C23H32N6O7. The third-order valence-electron chi connectivity index (χ3n) is 6.17. The molecular weight excluding hydrogens is 472 g/mol. The lowest BCUT2D eigenvalue weighted by Gasteiger charge is -2.43. The van der Waals surface area contributed by atoms with Crippen LogP contribution in [0.3, 0.4) is 0 Å². The number of fused-ring (bicyclic) bond motifs is 1. The van der Waals surface area contributed by atoms with Crippen molar-refractivity contribution in [3.63, 3.8) is 0 Å². The summed E-state index contributed by atoms with van der Waals surface area (Å²) in [6, 6.07) is -3.54. The van der Waals surface area contributed by atoms with Gasteiger partial charge in [-0.2, -0.15) is 4.79 Å². The molecule has 2 heterocycles. The normalized spacial score (nSPS) is 21.4. The van der Waals surface area contributed by atoms with Gasteiger partial charge in [-0.05, 0) is 32.1 Å². The van der Waals surface area contributed by atoms with E-state index in [1.165, 1.54) is 11.1 Å². The van der Waals surface area contributed by atoms with E-state index in [0.29, 0.717) is 12.6 Å². The first-order chi connectivity index (χ1) is 17.0. The van der Waals surface area contributed by atoms with E-state index in [2.05, 4.69) is 22.0 Å². The van der Waals surface area contributed by atoms with Crippen LogP contribution in [0.5, 0.6) is 0 Å². The Hall–Kier alpha value is -3.86. The van der Waals surface area contributed by atoms with Gasteiger partial charge in [-0.1, -0.05) is 19.9 Å². The van der Waals surface area contributed by atoms with Crippen molar-refractivity contribution in [2.24, 2.45) is 11.8 Å². The lowest BCUT2D eigenvalue weighted by molar-refractivity contribution is -0.176. The van der Waals surface area contributed by atoms with E-state index >= 15 is 0 Å².